The molecule has 0 aliphatic heterocycles. The lowest BCUT2D eigenvalue weighted by Crippen LogP contribution is -2.33. The quantitative estimate of drug-likeness (QED) is 0.604. The number of aliphatic carboxylic acids is 1. The van der Waals surface area contributed by atoms with Crippen molar-refractivity contribution in [1.82, 2.24) is 15.5 Å². The van der Waals surface area contributed by atoms with E-state index in [4.69, 9.17) is 4.52 Å². The van der Waals surface area contributed by atoms with Crippen molar-refractivity contribution in [1.29, 1.82) is 0 Å². The largest absolute Gasteiger partial charge is 0.479 e. The summed E-state index contributed by atoms with van der Waals surface area (Å²) in [6.07, 6.45) is 0.272. The molecule has 2 aromatic carbocycles. The van der Waals surface area contributed by atoms with Gasteiger partial charge < -0.3 is 14.9 Å². The van der Waals surface area contributed by atoms with Crippen LogP contribution in [0.25, 0.3) is 11.4 Å². The van der Waals surface area contributed by atoms with Crippen molar-refractivity contribution in [3.8, 4) is 11.4 Å². The Bertz CT molecular complexity index is 965. The number of nitrogens with zero attached hydrogens (tertiary/aromatic N) is 2. The van der Waals surface area contributed by atoms with Crippen molar-refractivity contribution in [2.75, 3.05) is 0 Å². The number of benzene rings is 2. The van der Waals surface area contributed by atoms with E-state index in [0.29, 0.717) is 23.2 Å². The first-order valence-corrected chi connectivity index (χ1v) is 9.44. The van der Waals surface area contributed by atoms with Crippen LogP contribution in [0.4, 0.5) is 0 Å². The Balaban J connectivity index is 1.58. The lowest BCUT2D eigenvalue weighted by molar-refractivity contribution is -0.142. The molecule has 7 heteroatoms. The highest BCUT2D eigenvalue weighted by Crippen LogP contribution is 2.21. The lowest BCUT2D eigenvalue weighted by Gasteiger charge is -2.14. The number of hydrogen-bond donors (Lipinski definition) is 2. The predicted octanol–water partition coefficient (Wildman–Crippen LogP) is 3.73. The zero-order valence-corrected chi connectivity index (χ0v) is 16.3. The molecular weight excluding hydrogens is 370 g/mol. The molecule has 1 atom stereocenters. The summed E-state index contributed by atoms with van der Waals surface area (Å²) in [6.45, 7) is 4.25. The number of aromatic nitrogens is 2. The average Bonchev–Trinajstić information content (AvgIpc) is 3.20. The molecule has 0 aliphatic rings. The van der Waals surface area contributed by atoms with Gasteiger partial charge in [-0.3, -0.25) is 4.79 Å². The molecular formula is C22H23N3O4. The lowest BCUT2D eigenvalue weighted by atomic mass is 10.0. The average molecular weight is 393 g/mol. The highest BCUT2D eigenvalue weighted by atomic mass is 16.5. The molecule has 29 heavy (non-hydrogen) atoms. The maximum absolute atomic E-state index is 12.2. The Hall–Kier alpha value is -3.48. The fraction of sp³-hybridized carbons (Fsp3) is 0.273. The number of hydrogen-bond acceptors (Lipinski definition) is 5. The third-order valence-corrected chi connectivity index (χ3v) is 4.55. The van der Waals surface area contributed by atoms with E-state index in [2.05, 4.69) is 29.3 Å². The van der Waals surface area contributed by atoms with Gasteiger partial charge in [-0.1, -0.05) is 73.6 Å². The number of carboxylic acid groups (broad SMARTS) is 1. The molecule has 3 aromatic rings. The van der Waals surface area contributed by atoms with Crippen LogP contribution >= 0.6 is 0 Å². The van der Waals surface area contributed by atoms with E-state index in [1.54, 1.807) is 30.3 Å². The predicted molar refractivity (Wildman–Crippen MR) is 107 cm³/mol. The zero-order chi connectivity index (χ0) is 20.8. The van der Waals surface area contributed by atoms with Crippen LogP contribution in [0.5, 0.6) is 0 Å². The van der Waals surface area contributed by atoms with Crippen LogP contribution in [0, 0.1) is 0 Å². The second kappa shape index (κ2) is 9.14. The van der Waals surface area contributed by atoms with Crippen molar-refractivity contribution in [2.24, 2.45) is 0 Å². The van der Waals surface area contributed by atoms with Crippen LogP contribution in [0.3, 0.4) is 0 Å². The summed E-state index contributed by atoms with van der Waals surface area (Å²) in [5.74, 6) is -0.288. The van der Waals surface area contributed by atoms with E-state index >= 15 is 0 Å². The monoisotopic (exact) mass is 393 g/mol. The summed E-state index contributed by atoms with van der Waals surface area (Å²) in [5.41, 5.74) is 2.57. The van der Waals surface area contributed by atoms with Gasteiger partial charge in [0.05, 0.1) is 0 Å². The van der Waals surface area contributed by atoms with Crippen LogP contribution in [-0.4, -0.2) is 27.1 Å². The van der Waals surface area contributed by atoms with Crippen LogP contribution in [-0.2, 0) is 16.0 Å². The number of nitrogens with one attached hydrogen (secondary N) is 1. The molecule has 0 unspecified atom stereocenters. The summed E-state index contributed by atoms with van der Waals surface area (Å²) in [7, 11) is 0. The van der Waals surface area contributed by atoms with Crippen molar-refractivity contribution in [3.05, 3.63) is 71.6 Å². The third kappa shape index (κ3) is 5.28. The Morgan fingerprint density at radius 1 is 1.03 bits per heavy atom. The Labute approximate surface area is 168 Å². The van der Waals surface area contributed by atoms with Gasteiger partial charge in [0.2, 0.25) is 17.6 Å². The number of amides is 1. The summed E-state index contributed by atoms with van der Waals surface area (Å²) in [5, 5.41) is 15.9. The fourth-order valence-corrected chi connectivity index (χ4v) is 2.88. The maximum Gasteiger partial charge on any atom is 0.330 e. The molecule has 7 nitrogen and oxygen atoms in total. The molecule has 0 fully saturated rings. The van der Waals surface area contributed by atoms with Gasteiger partial charge in [0.25, 0.3) is 0 Å². The number of carbonyl (C=O) groups is 2. The standard InChI is InChI=1S/C22H23N3O4/c1-14(2)15-8-10-17(11-9-15)21-24-19(29-25-21)13-12-18(26)23-20(22(27)28)16-6-4-3-5-7-16/h3-11,14,20H,12-13H2,1-2H3,(H,23,26)(H,27,28)/t20-/m0/s1. The smallest absolute Gasteiger partial charge is 0.330 e. The van der Waals surface area contributed by atoms with E-state index in [1.807, 2.05) is 24.3 Å². The third-order valence-electron chi connectivity index (χ3n) is 4.55. The van der Waals surface area contributed by atoms with E-state index in [-0.39, 0.29) is 12.8 Å². The normalized spacial score (nSPS) is 12.0. The fourth-order valence-electron chi connectivity index (χ4n) is 2.88. The van der Waals surface area contributed by atoms with Gasteiger partial charge in [-0.05, 0) is 17.0 Å². The molecule has 1 aromatic heterocycles. The van der Waals surface area contributed by atoms with Crippen LogP contribution in [0.1, 0.15) is 49.2 Å². The van der Waals surface area contributed by atoms with Crippen molar-refractivity contribution >= 4 is 11.9 Å². The molecule has 0 radical (unpaired) electrons. The van der Waals surface area contributed by atoms with Crippen molar-refractivity contribution in [3.63, 3.8) is 0 Å². The molecule has 0 saturated heterocycles. The van der Waals surface area contributed by atoms with Crippen LogP contribution in [0.2, 0.25) is 0 Å². The molecule has 0 saturated carbocycles. The second-order valence-electron chi connectivity index (χ2n) is 7.04. The summed E-state index contributed by atoms with van der Waals surface area (Å²) in [6, 6.07) is 15.4. The van der Waals surface area contributed by atoms with E-state index in [9.17, 15) is 14.7 Å². The highest BCUT2D eigenvalue weighted by molar-refractivity contribution is 5.84. The molecule has 0 spiro atoms. The minimum absolute atomic E-state index is 0.0462. The van der Waals surface area contributed by atoms with Gasteiger partial charge in [-0.15, -0.1) is 0 Å². The molecule has 1 amide bonds. The van der Waals surface area contributed by atoms with Crippen LogP contribution in [0.15, 0.2) is 59.1 Å². The Morgan fingerprint density at radius 3 is 2.34 bits per heavy atom. The summed E-state index contributed by atoms with van der Waals surface area (Å²) < 4.78 is 5.23. The molecule has 0 bridgehead atoms. The van der Waals surface area contributed by atoms with Gasteiger partial charge >= 0.3 is 5.97 Å². The molecule has 0 aliphatic carbocycles. The first-order chi connectivity index (χ1) is 13.9. The van der Waals surface area contributed by atoms with Gasteiger partial charge in [-0.25, -0.2) is 4.79 Å². The van der Waals surface area contributed by atoms with E-state index in [1.165, 1.54) is 5.56 Å². The Morgan fingerprint density at radius 2 is 1.72 bits per heavy atom. The minimum atomic E-state index is -1.12. The summed E-state index contributed by atoms with van der Waals surface area (Å²) in [4.78, 5) is 28.0. The zero-order valence-electron chi connectivity index (χ0n) is 16.3. The van der Waals surface area contributed by atoms with Crippen molar-refractivity contribution < 1.29 is 19.2 Å². The number of carbonyl (C=O) groups excluding carboxylic acids is 1. The Kier molecular flexibility index (Phi) is 6.39. The SMILES string of the molecule is CC(C)c1ccc(-c2noc(CCC(=O)N[C@H](C(=O)O)c3ccccc3)n2)cc1. The van der Waals surface area contributed by atoms with E-state index in [0.717, 1.165) is 5.56 Å². The van der Waals surface area contributed by atoms with Gasteiger partial charge in [0, 0.05) is 18.4 Å². The first kappa shape index (κ1) is 20.3. The maximum atomic E-state index is 12.2. The number of carboxylic acids is 1. The van der Waals surface area contributed by atoms with Gasteiger partial charge in [0.15, 0.2) is 6.04 Å². The van der Waals surface area contributed by atoms with Crippen LogP contribution < -0.4 is 5.32 Å². The minimum Gasteiger partial charge on any atom is -0.479 e. The topological polar surface area (TPSA) is 105 Å². The van der Waals surface area contributed by atoms with Gasteiger partial charge in [-0.2, -0.15) is 4.98 Å². The van der Waals surface area contributed by atoms with E-state index < -0.39 is 17.9 Å². The molecule has 150 valence electrons. The summed E-state index contributed by atoms with van der Waals surface area (Å²) >= 11 is 0. The number of rotatable bonds is 8. The van der Waals surface area contributed by atoms with Crippen molar-refractivity contribution in [2.45, 2.75) is 38.6 Å². The highest BCUT2D eigenvalue weighted by Gasteiger charge is 2.22. The molecule has 1 heterocycles. The molecule has 3 rings (SSSR count). The van der Waals surface area contributed by atoms with Gasteiger partial charge in [0.1, 0.15) is 0 Å². The second-order valence-corrected chi connectivity index (χ2v) is 7.04. The molecule has 2 N–H and O–H groups in total. The first-order valence-electron chi connectivity index (χ1n) is 9.44. The number of aryl methyl sites for hydroxylation is 1.